The maximum absolute atomic E-state index is 3.33. The van der Waals surface area contributed by atoms with Gasteiger partial charge in [-0.2, -0.15) is 0 Å². The van der Waals surface area contributed by atoms with Gasteiger partial charge in [0.05, 0.1) is 0 Å². The highest BCUT2D eigenvalue weighted by Crippen LogP contribution is 1.92. The number of hydrogen-bond donors (Lipinski definition) is 1. The molecule has 0 aromatic carbocycles. The van der Waals surface area contributed by atoms with Crippen LogP contribution < -0.4 is 4.98 Å². The third kappa shape index (κ3) is 5.76. The van der Waals surface area contributed by atoms with Crippen molar-refractivity contribution in [3.63, 3.8) is 0 Å². The van der Waals surface area contributed by atoms with Gasteiger partial charge < -0.3 is 4.98 Å². The molecule has 8 heavy (non-hydrogen) atoms. The molecular weight excluding hydrogens is 114 g/mol. The average Bonchev–Trinajstić information content (AvgIpc) is 1.59. The van der Waals surface area contributed by atoms with E-state index in [9.17, 15) is 0 Å². The van der Waals surface area contributed by atoms with Crippen molar-refractivity contribution in [2.24, 2.45) is 0 Å². The standard InChI is InChI=1S/C6H15NSi/c1-5-6-7-8(2,3)4/h5-7H,1-4H3. The molecule has 0 rings (SSSR count). The molecule has 1 nitrogen and oxygen atoms in total. The van der Waals surface area contributed by atoms with Gasteiger partial charge in [0.1, 0.15) is 8.24 Å². The number of allylic oxidation sites excluding steroid dienone is 1. The predicted molar refractivity (Wildman–Crippen MR) is 41.3 cm³/mol. The molecule has 0 radical (unpaired) electrons. The SMILES string of the molecule is CC=CN[Si](C)(C)C. The summed E-state index contributed by atoms with van der Waals surface area (Å²) in [5.74, 6) is 0. The molecule has 0 atom stereocenters. The molecule has 0 aliphatic rings. The zero-order valence-electron chi connectivity index (χ0n) is 6.15. The van der Waals surface area contributed by atoms with Gasteiger partial charge in [-0.15, -0.1) is 0 Å². The van der Waals surface area contributed by atoms with Gasteiger partial charge in [-0.3, -0.25) is 0 Å². The summed E-state index contributed by atoms with van der Waals surface area (Å²) < 4.78 is 0. The second kappa shape index (κ2) is 2.92. The van der Waals surface area contributed by atoms with Crippen molar-refractivity contribution in [1.29, 1.82) is 0 Å². The van der Waals surface area contributed by atoms with E-state index in [4.69, 9.17) is 0 Å². The molecule has 1 N–H and O–H groups in total. The Morgan fingerprint density at radius 3 is 1.88 bits per heavy atom. The molecule has 0 bridgehead atoms. The van der Waals surface area contributed by atoms with Gasteiger partial charge in [-0.05, 0) is 13.1 Å². The van der Waals surface area contributed by atoms with Crippen molar-refractivity contribution in [3.05, 3.63) is 12.3 Å². The number of hydrogen-bond acceptors (Lipinski definition) is 1. The van der Waals surface area contributed by atoms with Crippen molar-refractivity contribution < 1.29 is 0 Å². The minimum atomic E-state index is -1.01. The molecule has 48 valence electrons. The van der Waals surface area contributed by atoms with Crippen LogP contribution in [-0.2, 0) is 0 Å². The maximum Gasteiger partial charge on any atom is 0.143 e. The van der Waals surface area contributed by atoms with Gasteiger partial charge in [-0.1, -0.05) is 25.7 Å². The predicted octanol–water partition coefficient (Wildman–Crippen LogP) is 1.94. The Hall–Kier alpha value is -0.243. The first kappa shape index (κ1) is 7.76. The number of nitrogens with one attached hydrogen (secondary N) is 1. The van der Waals surface area contributed by atoms with E-state index in [0.717, 1.165) is 0 Å². The van der Waals surface area contributed by atoms with Crippen LogP contribution in [-0.4, -0.2) is 8.24 Å². The largest absolute Gasteiger partial charge is 0.417 e. The van der Waals surface area contributed by atoms with Crippen LogP contribution >= 0.6 is 0 Å². The lowest BCUT2D eigenvalue weighted by molar-refractivity contribution is 1.25. The normalized spacial score (nSPS) is 12.5. The summed E-state index contributed by atoms with van der Waals surface area (Å²) in [5.41, 5.74) is 0. The Morgan fingerprint density at radius 1 is 1.25 bits per heavy atom. The molecule has 0 saturated carbocycles. The van der Waals surface area contributed by atoms with E-state index in [2.05, 4.69) is 24.6 Å². The van der Waals surface area contributed by atoms with E-state index in [1.54, 1.807) is 0 Å². The summed E-state index contributed by atoms with van der Waals surface area (Å²) in [4.78, 5) is 3.33. The minimum absolute atomic E-state index is 1.01. The van der Waals surface area contributed by atoms with Crippen molar-refractivity contribution in [2.75, 3.05) is 0 Å². The van der Waals surface area contributed by atoms with E-state index >= 15 is 0 Å². The fourth-order valence-corrected chi connectivity index (χ4v) is 1.00. The maximum atomic E-state index is 3.33. The van der Waals surface area contributed by atoms with Crippen molar-refractivity contribution in [1.82, 2.24) is 4.98 Å². The van der Waals surface area contributed by atoms with E-state index < -0.39 is 8.24 Å². The second-order valence-corrected chi connectivity index (χ2v) is 7.68. The molecule has 0 saturated heterocycles. The van der Waals surface area contributed by atoms with Crippen LogP contribution in [0, 0.1) is 0 Å². The monoisotopic (exact) mass is 129 g/mol. The summed E-state index contributed by atoms with van der Waals surface area (Å²) in [6.07, 6.45) is 4.05. The Balaban J connectivity index is 3.39. The van der Waals surface area contributed by atoms with E-state index in [1.165, 1.54) is 0 Å². The van der Waals surface area contributed by atoms with Crippen LogP contribution in [0.3, 0.4) is 0 Å². The van der Waals surface area contributed by atoms with Gasteiger partial charge in [0.15, 0.2) is 0 Å². The molecule has 0 aromatic rings. The highest BCUT2D eigenvalue weighted by Gasteiger charge is 2.08. The van der Waals surface area contributed by atoms with E-state index in [-0.39, 0.29) is 0 Å². The highest BCUT2D eigenvalue weighted by atomic mass is 28.3. The minimum Gasteiger partial charge on any atom is -0.417 e. The van der Waals surface area contributed by atoms with Gasteiger partial charge in [0, 0.05) is 0 Å². The zero-order chi connectivity index (χ0) is 6.62. The first-order chi connectivity index (χ1) is 3.56. The lowest BCUT2D eigenvalue weighted by Gasteiger charge is -2.14. The van der Waals surface area contributed by atoms with Gasteiger partial charge in [0.25, 0.3) is 0 Å². The summed E-state index contributed by atoms with van der Waals surface area (Å²) in [6.45, 7) is 8.83. The van der Waals surface area contributed by atoms with Gasteiger partial charge in [0.2, 0.25) is 0 Å². The van der Waals surface area contributed by atoms with Crippen molar-refractivity contribution >= 4 is 8.24 Å². The topological polar surface area (TPSA) is 12.0 Å². The summed E-state index contributed by atoms with van der Waals surface area (Å²) in [7, 11) is -1.01. The van der Waals surface area contributed by atoms with Crippen LogP contribution in [0.5, 0.6) is 0 Å². The molecule has 0 spiro atoms. The first-order valence-corrected chi connectivity index (χ1v) is 6.45. The van der Waals surface area contributed by atoms with Crippen LogP contribution in [0.1, 0.15) is 6.92 Å². The Morgan fingerprint density at radius 2 is 1.75 bits per heavy atom. The summed E-state index contributed by atoms with van der Waals surface area (Å²) in [6, 6.07) is 0. The van der Waals surface area contributed by atoms with Crippen LogP contribution in [0.15, 0.2) is 12.3 Å². The zero-order valence-corrected chi connectivity index (χ0v) is 7.15. The Bertz CT molecular complexity index is 81.0. The molecule has 0 fully saturated rings. The van der Waals surface area contributed by atoms with Gasteiger partial charge >= 0.3 is 0 Å². The van der Waals surface area contributed by atoms with Crippen molar-refractivity contribution in [2.45, 2.75) is 26.6 Å². The number of rotatable bonds is 2. The van der Waals surface area contributed by atoms with Gasteiger partial charge in [-0.25, -0.2) is 0 Å². The molecule has 0 aliphatic heterocycles. The molecule has 0 amide bonds. The van der Waals surface area contributed by atoms with Crippen LogP contribution in [0.25, 0.3) is 0 Å². The lowest BCUT2D eigenvalue weighted by Crippen LogP contribution is -2.36. The molecule has 0 aromatic heterocycles. The van der Waals surface area contributed by atoms with E-state index in [0.29, 0.717) is 0 Å². The molecule has 0 unspecified atom stereocenters. The van der Waals surface area contributed by atoms with Crippen LogP contribution in [0.2, 0.25) is 19.6 Å². The fraction of sp³-hybridized carbons (Fsp3) is 0.667. The average molecular weight is 129 g/mol. The highest BCUT2D eigenvalue weighted by molar-refractivity contribution is 6.73. The smallest absolute Gasteiger partial charge is 0.143 e. The Labute approximate surface area is 52.9 Å². The quantitative estimate of drug-likeness (QED) is 0.562. The van der Waals surface area contributed by atoms with E-state index in [1.807, 2.05) is 19.2 Å². The summed E-state index contributed by atoms with van der Waals surface area (Å²) >= 11 is 0. The molecule has 0 heterocycles. The van der Waals surface area contributed by atoms with Crippen LogP contribution in [0.4, 0.5) is 0 Å². The molecule has 2 heteroatoms. The Kier molecular flexibility index (Phi) is 2.83. The molecular formula is C6H15NSi. The fourth-order valence-electron chi connectivity index (χ4n) is 0.333. The summed E-state index contributed by atoms with van der Waals surface area (Å²) in [5, 5.41) is 0. The van der Waals surface area contributed by atoms with Crippen molar-refractivity contribution in [3.8, 4) is 0 Å². The molecule has 0 aliphatic carbocycles. The third-order valence-electron chi connectivity index (χ3n) is 0.683. The lowest BCUT2D eigenvalue weighted by atomic mass is 10.7. The third-order valence-corrected chi connectivity index (χ3v) is 1.72. The second-order valence-electron chi connectivity index (χ2n) is 2.89. The first-order valence-electron chi connectivity index (χ1n) is 2.95.